The molecule has 1 aromatic heterocycles. The number of hydrogen-bond acceptors (Lipinski definition) is 4. The van der Waals surface area contributed by atoms with Gasteiger partial charge in [0.1, 0.15) is 5.76 Å². The van der Waals surface area contributed by atoms with E-state index in [2.05, 4.69) is 15.5 Å². The summed E-state index contributed by atoms with van der Waals surface area (Å²) in [5.74, 6) is 0.821. The van der Waals surface area contributed by atoms with Gasteiger partial charge in [0.2, 0.25) is 5.91 Å². The van der Waals surface area contributed by atoms with Crippen molar-refractivity contribution in [2.24, 2.45) is 0 Å². The van der Waals surface area contributed by atoms with Crippen LogP contribution in [0, 0.1) is 0 Å². The number of nitrogens with one attached hydrogen (secondary N) is 2. The minimum absolute atomic E-state index is 0.107. The number of piperazine rings is 1. The average molecular weight is 342 g/mol. The molecule has 0 unspecified atom stereocenters. The summed E-state index contributed by atoms with van der Waals surface area (Å²) in [6.07, 6.45) is 1.68. The zero-order valence-electron chi connectivity index (χ0n) is 14.2. The molecule has 1 saturated heterocycles. The predicted octanol–water partition coefficient (Wildman–Crippen LogP) is 2.59. The summed E-state index contributed by atoms with van der Waals surface area (Å²) in [7, 11) is 0. The number of hydrogen-bond donors (Lipinski definition) is 2. The van der Waals surface area contributed by atoms with E-state index in [1.807, 2.05) is 12.1 Å². The van der Waals surface area contributed by atoms with Crippen LogP contribution in [0.3, 0.4) is 0 Å². The van der Waals surface area contributed by atoms with E-state index in [9.17, 15) is 9.59 Å². The Hall–Kier alpha value is -2.80. The van der Waals surface area contributed by atoms with E-state index in [1.54, 1.807) is 35.4 Å². The minimum Gasteiger partial charge on any atom is -0.468 e. The average Bonchev–Trinajstić information content (AvgIpc) is 3.10. The van der Waals surface area contributed by atoms with Crippen LogP contribution < -0.4 is 10.6 Å². The van der Waals surface area contributed by atoms with Crippen molar-refractivity contribution in [3.63, 3.8) is 0 Å². The quantitative estimate of drug-likeness (QED) is 0.895. The zero-order valence-corrected chi connectivity index (χ0v) is 14.2. The SMILES string of the molecule is CC(=O)Nc1ccc(NC(=O)N2CCN(Cc3ccco3)CC2)cc1. The lowest BCUT2D eigenvalue weighted by Crippen LogP contribution is -2.49. The minimum atomic E-state index is -0.121. The Kier molecular flexibility index (Phi) is 5.35. The van der Waals surface area contributed by atoms with Crippen molar-refractivity contribution >= 4 is 23.3 Å². The summed E-state index contributed by atoms with van der Waals surface area (Å²) in [5, 5.41) is 5.59. The zero-order chi connectivity index (χ0) is 17.6. The molecule has 2 aromatic rings. The fourth-order valence-electron chi connectivity index (χ4n) is 2.77. The summed E-state index contributed by atoms with van der Waals surface area (Å²) in [5.41, 5.74) is 1.41. The fourth-order valence-corrected chi connectivity index (χ4v) is 2.77. The second kappa shape index (κ2) is 7.85. The monoisotopic (exact) mass is 342 g/mol. The summed E-state index contributed by atoms with van der Waals surface area (Å²) in [6, 6.07) is 10.8. The third-order valence-electron chi connectivity index (χ3n) is 4.08. The van der Waals surface area contributed by atoms with Crippen LogP contribution in [-0.2, 0) is 11.3 Å². The first-order chi connectivity index (χ1) is 12.1. The van der Waals surface area contributed by atoms with E-state index in [0.717, 1.165) is 25.4 Å². The maximum atomic E-state index is 12.4. The molecule has 25 heavy (non-hydrogen) atoms. The Morgan fingerprint density at radius 2 is 1.64 bits per heavy atom. The predicted molar refractivity (Wildman–Crippen MR) is 95.3 cm³/mol. The number of carbonyl (C=O) groups excluding carboxylic acids is 2. The van der Waals surface area contributed by atoms with Gasteiger partial charge in [-0.1, -0.05) is 0 Å². The Labute approximate surface area is 146 Å². The summed E-state index contributed by atoms with van der Waals surface area (Å²) in [6.45, 7) is 5.21. The van der Waals surface area contributed by atoms with Gasteiger partial charge in [-0.2, -0.15) is 0 Å². The highest BCUT2D eigenvalue weighted by atomic mass is 16.3. The molecule has 132 valence electrons. The normalized spacial score (nSPS) is 15.0. The molecule has 7 heteroatoms. The van der Waals surface area contributed by atoms with Crippen LogP contribution in [0.25, 0.3) is 0 Å². The third-order valence-corrected chi connectivity index (χ3v) is 4.08. The molecule has 0 bridgehead atoms. The second-order valence-corrected chi connectivity index (χ2v) is 6.03. The Balaban J connectivity index is 1.46. The van der Waals surface area contributed by atoms with Crippen molar-refractivity contribution in [3.05, 3.63) is 48.4 Å². The van der Waals surface area contributed by atoms with E-state index >= 15 is 0 Å². The molecule has 2 heterocycles. The number of furan rings is 1. The highest BCUT2D eigenvalue weighted by Crippen LogP contribution is 2.15. The van der Waals surface area contributed by atoms with Crippen molar-refractivity contribution < 1.29 is 14.0 Å². The van der Waals surface area contributed by atoms with Crippen LogP contribution >= 0.6 is 0 Å². The highest BCUT2D eigenvalue weighted by Gasteiger charge is 2.21. The number of nitrogens with zero attached hydrogens (tertiary/aromatic N) is 2. The largest absolute Gasteiger partial charge is 0.468 e. The van der Waals surface area contributed by atoms with Gasteiger partial charge in [-0.15, -0.1) is 0 Å². The molecule has 7 nitrogen and oxygen atoms in total. The van der Waals surface area contributed by atoms with Crippen LogP contribution in [0.5, 0.6) is 0 Å². The first kappa shape index (κ1) is 17.0. The molecule has 0 aliphatic carbocycles. The van der Waals surface area contributed by atoms with Gasteiger partial charge in [-0.3, -0.25) is 9.69 Å². The van der Waals surface area contributed by atoms with Crippen molar-refractivity contribution in [2.75, 3.05) is 36.8 Å². The molecule has 1 aliphatic heterocycles. The van der Waals surface area contributed by atoms with Gasteiger partial charge in [-0.05, 0) is 36.4 Å². The lowest BCUT2D eigenvalue weighted by Gasteiger charge is -2.34. The van der Waals surface area contributed by atoms with Gasteiger partial charge >= 0.3 is 6.03 Å². The van der Waals surface area contributed by atoms with E-state index in [-0.39, 0.29) is 11.9 Å². The number of carbonyl (C=O) groups is 2. The first-order valence-corrected chi connectivity index (χ1v) is 8.28. The second-order valence-electron chi connectivity index (χ2n) is 6.03. The molecular weight excluding hydrogens is 320 g/mol. The van der Waals surface area contributed by atoms with E-state index < -0.39 is 0 Å². The maximum Gasteiger partial charge on any atom is 0.321 e. The van der Waals surface area contributed by atoms with Crippen molar-refractivity contribution in [1.29, 1.82) is 0 Å². The molecule has 3 rings (SSSR count). The van der Waals surface area contributed by atoms with Crippen LogP contribution in [-0.4, -0.2) is 47.9 Å². The number of rotatable bonds is 4. The molecule has 3 amide bonds. The van der Waals surface area contributed by atoms with Gasteiger partial charge < -0.3 is 20.0 Å². The fraction of sp³-hybridized carbons (Fsp3) is 0.333. The molecule has 0 atom stereocenters. The lowest BCUT2D eigenvalue weighted by molar-refractivity contribution is -0.114. The number of amides is 3. The third kappa shape index (κ3) is 4.84. The van der Waals surface area contributed by atoms with Crippen molar-refractivity contribution in [1.82, 2.24) is 9.80 Å². The molecule has 0 saturated carbocycles. The lowest BCUT2D eigenvalue weighted by atomic mass is 10.2. The molecule has 1 aromatic carbocycles. The van der Waals surface area contributed by atoms with Crippen LogP contribution in [0.15, 0.2) is 47.1 Å². The molecule has 1 aliphatic rings. The molecule has 2 N–H and O–H groups in total. The number of anilines is 2. The van der Waals surface area contributed by atoms with Gasteiger partial charge in [0.25, 0.3) is 0 Å². The summed E-state index contributed by atoms with van der Waals surface area (Å²) >= 11 is 0. The van der Waals surface area contributed by atoms with E-state index in [4.69, 9.17) is 4.42 Å². The van der Waals surface area contributed by atoms with Crippen LogP contribution in [0.1, 0.15) is 12.7 Å². The topological polar surface area (TPSA) is 77.8 Å². The number of urea groups is 1. The Morgan fingerprint density at radius 1 is 1.00 bits per heavy atom. The molecule has 0 radical (unpaired) electrons. The highest BCUT2D eigenvalue weighted by molar-refractivity contribution is 5.91. The van der Waals surface area contributed by atoms with E-state index in [1.165, 1.54) is 6.92 Å². The van der Waals surface area contributed by atoms with E-state index in [0.29, 0.717) is 24.5 Å². The van der Waals surface area contributed by atoms with Gasteiger partial charge in [0.05, 0.1) is 12.8 Å². The molecular formula is C18H22N4O3. The van der Waals surface area contributed by atoms with Gasteiger partial charge in [0, 0.05) is 44.5 Å². The van der Waals surface area contributed by atoms with Crippen molar-refractivity contribution in [2.45, 2.75) is 13.5 Å². The summed E-state index contributed by atoms with van der Waals surface area (Å²) < 4.78 is 5.36. The van der Waals surface area contributed by atoms with Crippen molar-refractivity contribution in [3.8, 4) is 0 Å². The standard InChI is InChI=1S/C18H22N4O3/c1-14(23)19-15-4-6-16(7-5-15)20-18(24)22-10-8-21(9-11-22)13-17-3-2-12-25-17/h2-7,12H,8-11,13H2,1H3,(H,19,23)(H,20,24). The smallest absolute Gasteiger partial charge is 0.321 e. The Bertz CT molecular complexity index is 704. The van der Waals surface area contributed by atoms with Gasteiger partial charge in [-0.25, -0.2) is 4.79 Å². The Morgan fingerprint density at radius 3 is 2.20 bits per heavy atom. The van der Waals surface area contributed by atoms with Crippen LogP contribution in [0.2, 0.25) is 0 Å². The van der Waals surface area contributed by atoms with Crippen LogP contribution in [0.4, 0.5) is 16.2 Å². The summed E-state index contributed by atoms with van der Waals surface area (Å²) in [4.78, 5) is 27.4. The van der Waals surface area contributed by atoms with Gasteiger partial charge in [0.15, 0.2) is 0 Å². The molecule has 1 fully saturated rings. The number of benzene rings is 1. The maximum absolute atomic E-state index is 12.4. The first-order valence-electron chi connectivity index (χ1n) is 8.28. The molecule has 0 spiro atoms.